The van der Waals surface area contributed by atoms with Gasteiger partial charge in [-0.3, -0.25) is 0 Å². The van der Waals surface area contributed by atoms with Crippen LogP contribution in [-0.4, -0.2) is 5.60 Å². The topological polar surface area (TPSA) is 34.0 Å². The number of hydrogen-bond acceptors (Lipinski definition) is 3. The predicted molar refractivity (Wildman–Crippen MR) is 105 cm³/mol. The summed E-state index contributed by atoms with van der Waals surface area (Å²) in [4.78, 5) is 0. The van der Waals surface area contributed by atoms with E-state index in [0.29, 0.717) is 5.92 Å². The van der Waals surface area contributed by atoms with E-state index in [1.807, 2.05) is 48.7 Å². The Bertz CT molecular complexity index is 788. The summed E-state index contributed by atoms with van der Waals surface area (Å²) >= 11 is 0. The predicted octanol–water partition coefficient (Wildman–Crippen LogP) is 6.73. The van der Waals surface area contributed by atoms with Crippen LogP contribution in [0.2, 0.25) is 0 Å². The highest BCUT2D eigenvalue weighted by Crippen LogP contribution is 2.71. The maximum atomic E-state index is 6.51. The fourth-order valence-corrected chi connectivity index (χ4v) is 4.83. The van der Waals surface area contributed by atoms with Gasteiger partial charge in [0.1, 0.15) is 5.60 Å². The number of benzene rings is 1. The largest absolute Gasteiger partial charge is 0.494 e. The van der Waals surface area contributed by atoms with Gasteiger partial charge in [0.05, 0.1) is 17.6 Å². The molecule has 3 aliphatic rings. The average molecular weight is 348 g/mol. The Morgan fingerprint density at radius 2 is 1.92 bits per heavy atom. The van der Waals surface area contributed by atoms with Crippen LogP contribution in [0.25, 0.3) is 0 Å². The Morgan fingerprint density at radius 1 is 1.12 bits per heavy atom. The fraction of sp³-hybridized carbons (Fsp3) is 0.478. The van der Waals surface area contributed by atoms with E-state index < -0.39 is 0 Å². The average Bonchev–Trinajstić information content (AvgIpc) is 3.14. The lowest BCUT2D eigenvalue weighted by Gasteiger charge is -2.28. The Morgan fingerprint density at radius 3 is 2.73 bits per heavy atom. The molecule has 0 aliphatic heterocycles. The number of hydrogen-bond donors (Lipinski definition) is 0. The standard InChI is InChI=1S/C23H28N2O/c1-17-13-14-21-22(2,3)23(21,15-17)26-16-18-9-7-8-12-20(18)25-24-19-10-5-4-6-11-19/h4-8,10-12,16-17,21H,9,13-15H2,1-3H3. The number of allylic oxidation sites excluding steroid dienone is 4. The molecular formula is C23H28N2O. The van der Waals surface area contributed by atoms with Gasteiger partial charge < -0.3 is 4.74 Å². The van der Waals surface area contributed by atoms with Crippen molar-refractivity contribution in [3.8, 4) is 0 Å². The summed E-state index contributed by atoms with van der Waals surface area (Å²) in [5.74, 6) is 1.42. The Balaban J connectivity index is 1.52. The number of azo groups is 1. The third-order valence-electron chi connectivity index (χ3n) is 6.54. The van der Waals surface area contributed by atoms with Crippen LogP contribution >= 0.6 is 0 Å². The lowest BCUT2D eigenvalue weighted by atomic mass is 9.88. The van der Waals surface area contributed by atoms with E-state index in [9.17, 15) is 0 Å². The van der Waals surface area contributed by atoms with Crippen molar-refractivity contribution in [3.63, 3.8) is 0 Å². The van der Waals surface area contributed by atoms with E-state index in [4.69, 9.17) is 4.74 Å². The minimum atomic E-state index is 0.0144. The van der Waals surface area contributed by atoms with Gasteiger partial charge in [0.25, 0.3) is 0 Å². The zero-order chi connectivity index (χ0) is 18.2. The normalized spacial score (nSPS) is 33.8. The summed E-state index contributed by atoms with van der Waals surface area (Å²) < 4.78 is 6.51. The molecule has 3 nitrogen and oxygen atoms in total. The SMILES string of the molecule is CC1CCC2C(C)(C)C2(OC=C2CC=CC=C2N=Nc2ccccc2)C1. The highest BCUT2D eigenvalue weighted by atomic mass is 16.5. The van der Waals surface area contributed by atoms with Crippen molar-refractivity contribution < 1.29 is 4.74 Å². The quantitative estimate of drug-likeness (QED) is 0.439. The van der Waals surface area contributed by atoms with Gasteiger partial charge in [-0.15, -0.1) is 0 Å². The van der Waals surface area contributed by atoms with Crippen molar-refractivity contribution in [2.24, 2.45) is 27.5 Å². The number of fused-ring (bicyclic) bond motifs is 1. The van der Waals surface area contributed by atoms with Crippen molar-refractivity contribution in [1.29, 1.82) is 0 Å². The van der Waals surface area contributed by atoms with Crippen LogP contribution < -0.4 is 0 Å². The van der Waals surface area contributed by atoms with Crippen molar-refractivity contribution >= 4 is 5.69 Å². The van der Waals surface area contributed by atoms with E-state index >= 15 is 0 Å². The smallest absolute Gasteiger partial charge is 0.117 e. The van der Waals surface area contributed by atoms with Gasteiger partial charge in [-0.2, -0.15) is 10.2 Å². The first-order chi connectivity index (χ1) is 12.5. The van der Waals surface area contributed by atoms with Crippen molar-refractivity contribution in [1.82, 2.24) is 0 Å². The second-order valence-corrected chi connectivity index (χ2v) is 8.53. The Labute approximate surface area is 156 Å². The first-order valence-corrected chi connectivity index (χ1v) is 9.74. The number of rotatable bonds is 4. The van der Waals surface area contributed by atoms with Crippen LogP contribution in [0.15, 0.2) is 76.3 Å². The van der Waals surface area contributed by atoms with Gasteiger partial charge in [0.15, 0.2) is 0 Å². The molecule has 0 saturated heterocycles. The second-order valence-electron chi connectivity index (χ2n) is 8.53. The van der Waals surface area contributed by atoms with E-state index in [1.165, 1.54) is 12.8 Å². The molecule has 0 N–H and O–H groups in total. The molecule has 0 bridgehead atoms. The van der Waals surface area contributed by atoms with Crippen LogP contribution in [0.3, 0.4) is 0 Å². The molecule has 26 heavy (non-hydrogen) atoms. The van der Waals surface area contributed by atoms with E-state index in [0.717, 1.165) is 35.7 Å². The molecule has 0 radical (unpaired) electrons. The van der Waals surface area contributed by atoms with Gasteiger partial charge in [0, 0.05) is 16.9 Å². The second kappa shape index (κ2) is 6.53. The molecule has 3 aliphatic carbocycles. The van der Waals surface area contributed by atoms with Crippen LogP contribution in [0.1, 0.15) is 46.5 Å². The van der Waals surface area contributed by atoms with Crippen LogP contribution in [-0.2, 0) is 4.74 Å². The number of nitrogens with zero attached hydrogens (tertiary/aromatic N) is 2. The molecule has 3 unspecified atom stereocenters. The highest BCUT2D eigenvalue weighted by molar-refractivity contribution is 5.40. The molecule has 2 fully saturated rings. The lowest BCUT2D eigenvalue weighted by molar-refractivity contribution is 0.0398. The molecule has 2 saturated carbocycles. The van der Waals surface area contributed by atoms with E-state index in [-0.39, 0.29) is 11.0 Å². The first-order valence-electron chi connectivity index (χ1n) is 9.74. The van der Waals surface area contributed by atoms with Crippen LogP contribution in [0, 0.1) is 17.3 Å². The maximum absolute atomic E-state index is 6.51. The van der Waals surface area contributed by atoms with Gasteiger partial charge in [-0.25, -0.2) is 0 Å². The molecule has 0 heterocycles. The molecule has 1 aromatic rings. The van der Waals surface area contributed by atoms with Crippen molar-refractivity contribution in [2.75, 3.05) is 0 Å². The van der Waals surface area contributed by atoms with E-state index in [2.05, 4.69) is 37.1 Å². The minimum Gasteiger partial charge on any atom is -0.494 e. The summed E-state index contributed by atoms with van der Waals surface area (Å²) in [6.07, 6.45) is 12.8. The molecule has 4 rings (SSSR count). The summed E-state index contributed by atoms with van der Waals surface area (Å²) in [6, 6.07) is 9.86. The van der Waals surface area contributed by atoms with Gasteiger partial charge >= 0.3 is 0 Å². The number of ether oxygens (including phenoxy) is 1. The van der Waals surface area contributed by atoms with E-state index in [1.54, 1.807) is 0 Å². The van der Waals surface area contributed by atoms with Crippen LogP contribution in [0.5, 0.6) is 0 Å². The third kappa shape index (κ3) is 2.94. The summed E-state index contributed by atoms with van der Waals surface area (Å²) in [6.45, 7) is 7.08. The lowest BCUT2D eigenvalue weighted by Crippen LogP contribution is -2.26. The molecule has 136 valence electrons. The zero-order valence-electron chi connectivity index (χ0n) is 16.0. The van der Waals surface area contributed by atoms with Gasteiger partial charge in [-0.05, 0) is 43.4 Å². The highest BCUT2D eigenvalue weighted by Gasteiger charge is 2.74. The summed E-state index contributed by atoms with van der Waals surface area (Å²) in [5.41, 5.74) is 3.16. The maximum Gasteiger partial charge on any atom is 0.117 e. The summed E-state index contributed by atoms with van der Waals surface area (Å²) in [5, 5.41) is 8.84. The summed E-state index contributed by atoms with van der Waals surface area (Å²) in [7, 11) is 0. The molecule has 3 atom stereocenters. The molecule has 0 spiro atoms. The molecule has 0 amide bonds. The van der Waals surface area contributed by atoms with Crippen LogP contribution in [0.4, 0.5) is 5.69 Å². The fourth-order valence-electron chi connectivity index (χ4n) is 4.83. The van der Waals surface area contributed by atoms with Crippen molar-refractivity contribution in [3.05, 3.63) is 66.1 Å². The molecule has 3 heteroatoms. The minimum absolute atomic E-state index is 0.0144. The Hall–Kier alpha value is -2.16. The third-order valence-corrected chi connectivity index (χ3v) is 6.54. The Kier molecular flexibility index (Phi) is 4.34. The van der Waals surface area contributed by atoms with Crippen molar-refractivity contribution in [2.45, 2.75) is 52.1 Å². The monoisotopic (exact) mass is 348 g/mol. The molecule has 1 aromatic carbocycles. The molecular weight excluding hydrogens is 320 g/mol. The van der Waals surface area contributed by atoms with Gasteiger partial charge in [-0.1, -0.05) is 57.5 Å². The molecule has 0 aromatic heterocycles. The first kappa shape index (κ1) is 17.3. The zero-order valence-corrected chi connectivity index (χ0v) is 16.0. The van der Waals surface area contributed by atoms with Gasteiger partial charge in [0.2, 0.25) is 0 Å².